The van der Waals surface area contributed by atoms with Crippen LogP contribution < -0.4 is 5.73 Å². The zero-order valence-electron chi connectivity index (χ0n) is 12.0. The summed E-state index contributed by atoms with van der Waals surface area (Å²) in [6, 6.07) is 18.7. The molecule has 3 rings (SSSR count). The Labute approximate surface area is 129 Å². The molecule has 0 saturated heterocycles. The number of benzene rings is 2. The molecular weight excluding hydrogens is 276 g/mol. The van der Waals surface area contributed by atoms with Gasteiger partial charge >= 0.3 is 0 Å². The van der Waals surface area contributed by atoms with E-state index in [4.69, 9.17) is 5.73 Å². The van der Waals surface area contributed by atoms with Gasteiger partial charge in [-0.3, -0.25) is 4.98 Å². The molecule has 0 aliphatic carbocycles. The average Bonchev–Trinajstić information content (AvgIpc) is 2.55. The molecule has 0 bridgehead atoms. The Hall–Kier alpha value is -1.84. The van der Waals surface area contributed by atoms with Crippen LogP contribution in [0.5, 0.6) is 0 Å². The van der Waals surface area contributed by atoms with Crippen LogP contribution in [0, 0.1) is 0 Å². The highest BCUT2D eigenvalue weighted by atomic mass is 32.2. The lowest BCUT2D eigenvalue weighted by atomic mass is 9.98. The molecule has 1 atom stereocenters. The molecule has 0 fully saturated rings. The van der Waals surface area contributed by atoms with Crippen molar-refractivity contribution in [2.24, 2.45) is 5.73 Å². The number of nitrogens with two attached hydrogens (primary N) is 1. The van der Waals surface area contributed by atoms with Crippen LogP contribution in [-0.4, -0.2) is 10.7 Å². The van der Waals surface area contributed by atoms with Gasteiger partial charge in [0.05, 0.1) is 11.6 Å². The standard InChI is InChI=1S/C18H18N2S/c1-2-21-16-9-7-14(8-10-16)18(19)15-6-5-13-4-3-11-20-17(13)12-15/h3-12,18H,2,19H2,1H3. The van der Waals surface area contributed by atoms with Gasteiger partial charge in [-0.1, -0.05) is 37.3 Å². The van der Waals surface area contributed by atoms with E-state index in [1.165, 1.54) is 4.90 Å². The van der Waals surface area contributed by atoms with Crippen LogP contribution in [0.3, 0.4) is 0 Å². The summed E-state index contributed by atoms with van der Waals surface area (Å²) in [5.74, 6) is 1.09. The van der Waals surface area contributed by atoms with E-state index < -0.39 is 0 Å². The van der Waals surface area contributed by atoms with Gasteiger partial charge in [0.2, 0.25) is 0 Å². The maximum Gasteiger partial charge on any atom is 0.0705 e. The van der Waals surface area contributed by atoms with Gasteiger partial charge in [0, 0.05) is 16.5 Å². The first kappa shape index (κ1) is 14.1. The normalized spacial score (nSPS) is 12.5. The van der Waals surface area contributed by atoms with Crippen LogP contribution in [0.25, 0.3) is 10.9 Å². The summed E-state index contributed by atoms with van der Waals surface area (Å²) < 4.78 is 0. The first-order valence-electron chi connectivity index (χ1n) is 7.11. The lowest BCUT2D eigenvalue weighted by Crippen LogP contribution is -2.11. The van der Waals surface area contributed by atoms with Crippen molar-refractivity contribution in [3.8, 4) is 0 Å². The number of fused-ring (bicyclic) bond motifs is 1. The van der Waals surface area contributed by atoms with E-state index >= 15 is 0 Å². The molecule has 106 valence electrons. The van der Waals surface area contributed by atoms with E-state index in [0.29, 0.717) is 0 Å². The third kappa shape index (κ3) is 3.09. The number of pyridine rings is 1. The summed E-state index contributed by atoms with van der Waals surface area (Å²) in [5.41, 5.74) is 9.61. The van der Waals surface area contributed by atoms with Gasteiger partial charge in [-0.2, -0.15) is 0 Å². The highest BCUT2D eigenvalue weighted by Gasteiger charge is 2.09. The average molecular weight is 294 g/mol. The van der Waals surface area contributed by atoms with E-state index in [2.05, 4.69) is 60.4 Å². The van der Waals surface area contributed by atoms with E-state index in [1.54, 1.807) is 0 Å². The van der Waals surface area contributed by atoms with Gasteiger partial charge in [0.25, 0.3) is 0 Å². The second kappa shape index (κ2) is 6.29. The van der Waals surface area contributed by atoms with Crippen molar-refractivity contribution in [1.82, 2.24) is 4.98 Å². The number of rotatable bonds is 4. The van der Waals surface area contributed by atoms with Crippen molar-refractivity contribution < 1.29 is 0 Å². The summed E-state index contributed by atoms with van der Waals surface area (Å²) in [5, 5.41) is 1.14. The van der Waals surface area contributed by atoms with E-state index in [1.807, 2.05) is 24.0 Å². The molecule has 3 heteroatoms. The molecular formula is C18H18N2S. The zero-order valence-corrected chi connectivity index (χ0v) is 12.8. The lowest BCUT2D eigenvalue weighted by molar-refractivity contribution is 0.871. The van der Waals surface area contributed by atoms with Crippen molar-refractivity contribution in [1.29, 1.82) is 0 Å². The predicted molar refractivity (Wildman–Crippen MR) is 90.6 cm³/mol. The largest absolute Gasteiger partial charge is 0.320 e. The van der Waals surface area contributed by atoms with E-state index in [9.17, 15) is 0 Å². The van der Waals surface area contributed by atoms with Crippen LogP contribution >= 0.6 is 11.8 Å². The zero-order chi connectivity index (χ0) is 14.7. The smallest absolute Gasteiger partial charge is 0.0705 e. The third-order valence-electron chi connectivity index (χ3n) is 3.54. The molecule has 2 nitrogen and oxygen atoms in total. The second-order valence-electron chi connectivity index (χ2n) is 4.94. The fraction of sp³-hybridized carbons (Fsp3) is 0.167. The quantitative estimate of drug-likeness (QED) is 0.725. The Balaban J connectivity index is 1.90. The summed E-state index contributed by atoms with van der Waals surface area (Å²) in [6.07, 6.45) is 1.81. The van der Waals surface area contributed by atoms with Crippen LogP contribution in [-0.2, 0) is 0 Å². The molecule has 0 aliphatic rings. The Morgan fingerprint density at radius 3 is 2.57 bits per heavy atom. The highest BCUT2D eigenvalue weighted by molar-refractivity contribution is 7.99. The summed E-state index contributed by atoms with van der Waals surface area (Å²) in [7, 11) is 0. The van der Waals surface area contributed by atoms with Gasteiger partial charge in [-0.25, -0.2) is 0 Å². The maximum absolute atomic E-state index is 6.40. The molecule has 1 unspecified atom stereocenters. The number of aromatic nitrogens is 1. The fourth-order valence-corrected chi connectivity index (χ4v) is 3.07. The minimum Gasteiger partial charge on any atom is -0.320 e. The number of thioether (sulfide) groups is 1. The van der Waals surface area contributed by atoms with Crippen LogP contribution in [0.4, 0.5) is 0 Å². The summed E-state index contributed by atoms with van der Waals surface area (Å²) in [6.45, 7) is 2.16. The van der Waals surface area contributed by atoms with Crippen LogP contribution in [0.2, 0.25) is 0 Å². The number of nitrogens with zero attached hydrogens (tertiary/aromatic N) is 1. The minimum absolute atomic E-state index is 0.114. The monoisotopic (exact) mass is 294 g/mol. The van der Waals surface area contributed by atoms with E-state index in [-0.39, 0.29) is 6.04 Å². The molecule has 21 heavy (non-hydrogen) atoms. The first-order valence-corrected chi connectivity index (χ1v) is 8.09. The van der Waals surface area contributed by atoms with Crippen molar-refractivity contribution in [2.75, 3.05) is 5.75 Å². The van der Waals surface area contributed by atoms with Gasteiger partial charge in [-0.05, 0) is 41.1 Å². The molecule has 1 heterocycles. The Morgan fingerprint density at radius 1 is 1.05 bits per heavy atom. The second-order valence-corrected chi connectivity index (χ2v) is 6.27. The van der Waals surface area contributed by atoms with Gasteiger partial charge in [0.15, 0.2) is 0 Å². The molecule has 3 aromatic rings. The Bertz CT molecular complexity index is 738. The SMILES string of the molecule is CCSc1ccc(C(N)c2ccc3cccnc3c2)cc1. The van der Waals surface area contributed by atoms with Crippen molar-refractivity contribution in [3.05, 3.63) is 71.9 Å². The first-order chi connectivity index (χ1) is 10.3. The molecule has 0 spiro atoms. The molecule has 2 N–H and O–H groups in total. The topological polar surface area (TPSA) is 38.9 Å². The highest BCUT2D eigenvalue weighted by Crippen LogP contribution is 2.25. The maximum atomic E-state index is 6.40. The number of hydrogen-bond acceptors (Lipinski definition) is 3. The lowest BCUT2D eigenvalue weighted by Gasteiger charge is -2.13. The van der Waals surface area contributed by atoms with Crippen molar-refractivity contribution >= 4 is 22.7 Å². The summed E-state index contributed by atoms with van der Waals surface area (Å²) in [4.78, 5) is 5.68. The van der Waals surface area contributed by atoms with Crippen molar-refractivity contribution in [3.63, 3.8) is 0 Å². The molecule has 1 aromatic heterocycles. The van der Waals surface area contributed by atoms with Gasteiger partial charge in [-0.15, -0.1) is 11.8 Å². The predicted octanol–water partition coefficient (Wildman–Crippen LogP) is 4.39. The molecule has 0 amide bonds. The minimum atomic E-state index is -0.114. The van der Waals surface area contributed by atoms with Crippen molar-refractivity contribution in [2.45, 2.75) is 17.9 Å². The van der Waals surface area contributed by atoms with Gasteiger partial charge in [0.1, 0.15) is 0 Å². The molecule has 0 radical (unpaired) electrons. The molecule has 0 saturated carbocycles. The van der Waals surface area contributed by atoms with Crippen LogP contribution in [0.15, 0.2) is 65.7 Å². The number of hydrogen-bond donors (Lipinski definition) is 1. The van der Waals surface area contributed by atoms with Gasteiger partial charge < -0.3 is 5.73 Å². The molecule has 2 aromatic carbocycles. The van der Waals surface area contributed by atoms with Crippen LogP contribution in [0.1, 0.15) is 24.1 Å². The summed E-state index contributed by atoms with van der Waals surface area (Å²) >= 11 is 1.84. The fourth-order valence-electron chi connectivity index (χ4n) is 2.41. The Morgan fingerprint density at radius 2 is 1.81 bits per heavy atom. The van der Waals surface area contributed by atoms with E-state index in [0.717, 1.165) is 27.8 Å². The molecule has 0 aliphatic heterocycles. The third-order valence-corrected chi connectivity index (χ3v) is 4.43. The Kier molecular flexibility index (Phi) is 4.23.